The lowest BCUT2D eigenvalue weighted by molar-refractivity contribution is 0.0526. The minimum atomic E-state index is -0.268. The van der Waals surface area contributed by atoms with E-state index in [9.17, 15) is 4.79 Å². The first kappa shape index (κ1) is 13.3. The van der Waals surface area contributed by atoms with Crippen LogP contribution in [0.4, 0.5) is 0 Å². The highest BCUT2D eigenvalue weighted by Crippen LogP contribution is 2.20. The normalized spacial score (nSPS) is 10.2. The van der Waals surface area contributed by atoms with E-state index >= 15 is 0 Å². The van der Waals surface area contributed by atoms with Gasteiger partial charge in [0.2, 0.25) is 0 Å². The zero-order valence-electron chi connectivity index (χ0n) is 11.3. The van der Waals surface area contributed by atoms with Gasteiger partial charge in [-0.1, -0.05) is 43.3 Å². The van der Waals surface area contributed by atoms with Gasteiger partial charge in [0.15, 0.2) is 0 Å². The van der Waals surface area contributed by atoms with Crippen molar-refractivity contribution in [3.63, 3.8) is 0 Å². The predicted molar refractivity (Wildman–Crippen MR) is 77.2 cm³/mol. The van der Waals surface area contributed by atoms with Gasteiger partial charge in [-0.05, 0) is 42.2 Å². The van der Waals surface area contributed by atoms with Crippen LogP contribution in [0.2, 0.25) is 0 Å². The quantitative estimate of drug-likeness (QED) is 0.768. The van der Waals surface area contributed by atoms with Crippen LogP contribution in [0.25, 0.3) is 11.1 Å². The molecule has 0 saturated heterocycles. The van der Waals surface area contributed by atoms with Crippen LogP contribution in [-0.2, 0) is 11.2 Å². The fourth-order valence-corrected chi connectivity index (χ4v) is 1.95. The number of hydrogen-bond acceptors (Lipinski definition) is 2. The van der Waals surface area contributed by atoms with Gasteiger partial charge in [-0.3, -0.25) is 0 Å². The summed E-state index contributed by atoms with van der Waals surface area (Å²) in [6.45, 7) is 4.35. The predicted octanol–water partition coefficient (Wildman–Crippen LogP) is 4.09. The average molecular weight is 254 g/mol. The molecule has 98 valence electrons. The molecule has 0 bridgehead atoms. The van der Waals surface area contributed by atoms with E-state index in [1.54, 1.807) is 12.1 Å². The SMILES string of the molecule is CCOC(=O)c1ccc(-c2ccc(CC)cc2)cc1. The lowest BCUT2D eigenvalue weighted by atomic mass is 10.0. The molecule has 0 aliphatic heterocycles. The summed E-state index contributed by atoms with van der Waals surface area (Å²) < 4.78 is 4.96. The summed E-state index contributed by atoms with van der Waals surface area (Å²) in [6, 6.07) is 16.0. The first-order valence-corrected chi connectivity index (χ1v) is 6.61. The third-order valence-electron chi connectivity index (χ3n) is 3.09. The third kappa shape index (κ3) is 3.22. The van der Waals surface area contributed by atoms with Crippen molar-refractivity contribution in [2.75, 3.05) is 6.61 Å². The van der Waals surface area contributed by atoms with E-state index in [0.717, 1.165) is 17.5 Å². The summed E-state index contributed by atoms with van der Waals surface area (Å²) >= 11 is 0. The largest absolute Gasteiger partial charge is 0.462 e. The number of rotatable bonds is 4. The van der Waals surface area contributed by atoms with Crippen LogP contribution in [0.15, 0.2) is 48.5 Å². The fraction of sp³-hybridized carbons (Fsp3) is 0.235. The van der Waals surface area contributed by atoms with Crippen molar-refractivity contribution in [2.24, 2.45) is 0 Å². The van der Waals surface area contributed by atoms with Gasteiger partial charge in [0, 0.05) is 0 Å². The number of ether oxygens (including phenoxy) is 1. The highest BCUT2D eigenvalue weighted by Gasteiger charge is 2.06. The van der Waals surface area contributed by atoms with Gasteiger partial charge < -0.3 is 4.74 Å². The van der Waals surface area contributed by atoms with Crippen molar-refractivity contribution < 1.29 is 9.53 Å². The molecule has 2 nitrogen and oxygen atoms in total. The van der Waals surface area contributed by atoms with E-state index in [0.29, 0.717) is 12.2 Å². The molecule has 2 rings (SSSR count). The lowest BCUT2D eigenvalue weighted by Gasteiger charge is -2.05. The second-order valence-electron chi connectivity index (χ2n) is 4.35. The molecule has 0 aliphatic carbocycles. The topological polar surface area (TPSA) is 26.3 Å². The zero-order valence-corrected chi connectivity index (χ0v) is 11.3. The summed E-state index contributed by atoms with van der Waals surface area (Å²) in [7, 11) is 0. The van der Waals surface area contributed by atoms with E-state index < -0.39 is 0 Å². The third-order valence-corrected chi connectivity index (χ3v) is 3.09. The van der Waals surface area contributed by atoms with Gasteiger partial charge in [-0.2, -0.15) is 0 Å². The van der Waals surface area contributed by atoms with E-state index in [2.05, 4.69) is 31.2 Å². The maximum absolute atomic E-state index is 11.6. The molecule has 0 saturated carbocycles. The smallest absolute Gasteiger partial charge is 0.338 e. The number of hydrogen-bond donors (Lipinski definition) is 0. The van der Waals surface area contributed by atoms with Crippen molar-refractivity contribution in [1.82, 2.24) is 0 Å². The molecular formula is C17H18O2. The number of esters is 1. The highest BCUT2D eigenvalue weighted by molar-refractivity contribution is 5.90. The first-order valence-electron chi connectivity index (χ1n) is 6.61. The van der Waals surface area contributed by atoms with E-state index in [-0.39, 0.29) is 5.97 Å². The molecule has 0 aromatic heterocycles. The molecule has 19 heavy (non-hydrogen) atoms. The minimum absolute atomic E-state index is 0.268. The second kappa shape index (κ2) is 6.19. The Labute approximate surface area is 114 Å². The summed E-state index contributed by atoms with van der Waals surface area (Å²) in [6.07, 6.45) is 1.04. The van der Waals surface area contributed by atoms with Crippen LogP contribution in [0.3, 0.4) is 0 Å². The Kier molecular flexibility index (Phi) is 4.35. The molecule has 0 amide bonds. The molecule has 0 heterocycles. The molecular weight excluding hydrogens is 236 g/mol. The van der Waals surface area contributed by atoms with Crippen molar-refractivity contribution in [3.05, 3.63) is 59.7 Å². The number of carbonyl (C=O) groups excluding carboxylic acids is 1. The van der Waals surface area contributed by atoms with Gasteiger partial charge in [0.05, 0.1) is 12.2 Å². The maximum Gasteiger partial charge on any atom is 0.338 e. The Bertz CT molecular complexity index is 538. The summed E-state index contributed by atoms with van der Waals surface area (Å²) in [4.78, 5) is 11.6. The molecule has 0 aliphatic rings. The van der Waals surface area contributed by atoms with Gasteiger partial charge in [0.25, 0.3) is 0 Å². The van der Waals surface area contributed by atoms with Gasteiger partial charge >= 0.3 is 5.97 Å². The van der Waals surface area contributed by atoms with Crippen LogP contribution < -0.4 is 0 Å². The van der Waals surface area contributed by atoms with Crippen LogP contribution in [0.1, 0.15) is 29.8 Å². The van der Waals surface area contributed by atoms with E-state index in [1.807, 2.05) is 19.1 Å². The molecule has 2 aromatic carbocycles. The number of carbonyl (C=O) groups is 1. The molecule has 0 unspecified atom stereocenters. The van der Waals surface area contributed by atoms with Gasteiger partial charge in [-0.15, -0.1) is 0 Å². The molecule has 0 radical (unpaired) electrons. The van der Waals surface area contributed by atoms with Gasteiger partial charge in [0.1, 0.15) is 0 Å². The van der Waals surface area contributed by atoms with Crippen molar-refractivity contribution in [1.29, 1.82) is 0 Å². The summed E-state index contributed by atoms with van der Waals surface area (Å²) in [5.74, 6) is -0.268. The molecule has 0 atom stereocenters. The first-order chi connectivity index (χ1) is 9.24. The fourth-order valence-electron chi connectivity index (χ4n) is 1.95. The average Bonchev–Trinajstić information content (AvgIpc) is 2.48. The van der Waals surface area contributed by atoms with Crippen molar-refractivity contribution in [3.8, 4) is 11.1 Å². The van der Waals surface area contributed by atoms with Gasteiger partial charge in [-0.25, -0.2) is 4.79 Å². The summed E-state index contributed by atoms with van der Waals surface area (Å²) in [5.41, 5.74) is 4.19. The van der Waals surface area contributed by atoms with Crippen LogP contribution >= 0.6 is 0 Å². The van der Waals surface area contributed by atoms with E-state index in [4.69, 9.17) is 4.74 Å². The Balaban J connectivity index is 2.19. The molecule has 2 aromatic rings. The molecule has 0 spiro atoms. The molecule has 0 fully saturated rings. The van der Waals surface area contributed by atoms with Crippen LogP contribution in [0, 0.1) is 0 Å². The molecule has 2 heteroatoms. The van der Waals surface area contributed by atoms with Crippen molar-refractivity contribution >= 4 is 5.97 Å². The maximum atomic E-state index is 11.6. The standard InChI is InChI=1S/C17H18O2/c1-3-13-5-7-14(8-6-13)15-9-11-16(12-10-15)17(18)19-4-2/h5-12H,3-4H2,1-2H3. The Morgan fingerprint density at radius 1 is 0.895 bits per heavy atom. The number of aryl methyl sites for hydroxylation is 1. The van der Waals surface area contributed by atoms with E-state index in [1.165, 1.54) is 5.56 Å². The second-order valence-corrected chi connectivity index (χ2v) is 4.35. The lowest BCUT2D eigenvalue weighted by Crippen LogP contribution is -2.03. The zero-order chi connectivity index (χ0) is 13.7. The van der Waals surface area contributed by atoms with Crippen molar-refractivity contribution in [2.45, 2.75) is 20.3 Å². The Morgan fingerprint density at radius 2 is 1.42 bits per heavy atom. The molecule has 0 N–H and O–H groups in total. The minimum Gasteiger partial charge on any atom is -0.462 e. The van der Waals surface area contributed by atoms with Crippen LogP contribution in [-0.4, -0.2) is 12.6 Å². The summed E-state index contributed by atoms with van der Waals surface area (Å²) in [5, 5.41) is 0. The Morgan fingerprint density at radius 3 is 1.89 bits per heavy atom. The monoisotopic (exact) mass is 254 g/mol. The highest BCUT2D eigenvalue weighted by atomic mass is 16.5. The number of benzene rings is 2. The van der Waals surface area contributed by atoms with Crippen LogP contribution in [0.5, 0.6) is 0 Å². The Hall–Kier alpha value is -2.09.